The minimum absolute atomic E-state index is 0.531. The Kier molecular flexibility index (Phi) is 5.93. The lowest BCUT2D eigenvalue weighted by atomic mass is 10.0. The van der Waals surface area contributed by atoms with Crippen molar-refractivity contribution in [2.24, 2.45) is 0 Å². The highest BCUT2D eigenvalue weighted by atomic mass is 32.2. The normalized spacial score (nSPS) is 26.2. The van der Waals surface area contributed by atoms with Gasteiger partial charge in [-0.3, -0.25) is 0 Å². The molecule has 2 rings (SSSR count). The first kappa shape index (κ1) is 14.8. The summed E-state index contributed by atoms with van der Waals surface area (Å²) in [7, 11) is 0. The number of hydrogen-bond donors (Lipinski definition) is 1. The Hall–Kier alpha value is 0.360. The van der Waals surface area contributed by atoms with E-state index in [4.69, 9.17) is 0 Å². The molecule has 4 heteroatoms. The first-order valence-corrected chi connectivity index (χ1v) is 9.76. The number of rotatable bonds is 5. The van der Waals surface area contributed by atoms with Gasteiger partial charge >= 0.3 is 0 Å². The SMILES string of the molecule is CCNC(c1ccsc1C)C1SCCSC1CC. The summed E-state index contributed by atoms with van der Waals surface area (Å²) in [6.45, 7) is 7.86. The van der Waals surface area contributed by atoms with Crippen LogP contribution in [0.1, 0.15) is 36.8 Å². The Morgan fingerprint density at radius 2 is 2.11 bits per heavy atom. The van der Waals surface area contributed by atoms with Crippen LogP contribution in [0.3, 0.4) is 0 Å². The van der Waals surface area contributed by atoms with Gasteiger partial charge in [-0.25, -0.2) is 0 Å². The van der Waals surface area contributed by atoms with E-state index in [0.29, 0.717) is 6.04 Å². The van der Waals surface area contributed by atoms with Gasteiger partial charge in [0.05, 0.1) is 0 Å². The topological polar surface area (TPSA) is 12.0 Å². The van der Waals surface area contributed by atoms with Crippen LogP contribution in [0.25, 0.3) is 0 Å². The van der Waals surface area contributed by atoms with Crippen LogP contribution in [0.4, 0.5) is 0 Å². The van der Waals surface area contributed by atoms with Crippen LogP contribution >= 0.6 is 34.9 Å². The lowest BCUT2D eigenvalue weighted by Gasteiger charge is -2.36. The molecule has 0 spiro atoms. The Bertz CT molecular complexity index is 364. The average Bonchev–Trinajstić information content (AvgIpc) is 2.82. The second kappa shape index (κ2) is 7.22. The molecule has 1 aliphatic rings. The van der Waals surface area contributed by atoms with Crippen LogP contribution in [0.2, 0.25) is 0 Å². The molecule has 0 aromatic carbocycles. The zero-order chi connectivity index (χ0) is 13.0. The highest BCUT2D eigenvalue weighted by molar-refractivity contribution is 8.07. The van der Waals surface area contributed by atoms with Crippen molar-refractivity contribution in [3.8, 4) is 0 Å². The van der Waals surface area contributed by atoms with Gasteiger partial charge in [-0.05, 0) is 36.9 Å². The molecule has 102 valence electrons. The summed E-state index contributed by atoms with van der Waals surface area (Å²) in [6.07, 6.45) is 1.29. The molecule has 2 heterocycles. The summed E-state index contributed by atoms with van der Waals surface area (Å²) >= 11 is 6.22. The third kappa shape index (κ3) is 3.27. The number of nitrogens with one attached hydrogen (secondary N) is 1. The molecule has 0 aliphatic carbocycles. The van der Waals surface area contributed by atoms with Crippen LogP contribution in [-0.2, 0) is 0 Å². The molecule has 0 bridgehead atoms. The number of thiophene rings is 1. The largest absolute Gasteiger partial charge is 0.309 e. The van der Waals surface area contributed by atoms with Crippen molar-refractivity contribution in [2.75, 3.05) is 18.1 Å². The van der Waals surface area contributed by atoms with Gasteiger partial charge in [-0.1, -0.05) is 13.8 Å². The highest BCUT2D eigenvalue weighted by Crippen LogP contribution is 2.41. The van der Waals surface area contributed by atoms with E-state index in [9.17, 15) is 0 Å². The summed E-state index contributed by atoms with van der Waals surface area (Å²) in [5.74, 6) is 2.62. The molecule has 1 aromatic heterocycles. The van der Waals surface area contributed by atoms with Crippen molar-refractivity contribution in [1.82, 2.24) is 5.32 Å². The highest BCUT2D eigenvalue weighted by Gasteiger charge is 2.33. The van der Waals surface area contributed by atoms with E-state index in [1.165, 1.54) is 28.4 Å². The molecule has 1 N–H and O–H groups in total. The zero-order valence-electron chi connectivity index (χ0n) is 11.4. The van der Waals surface area contributed by atoms with E-state index < -0.39 is 0 Å². The van der Waals surface area contributed by atoms with E-state index in [-0.39, 0.29) is 0 Å². The smallest absolute Gasteiger partial charge is 0.0462 e. The van der Waals surface area contributed by atoms with Crippen molar-refractivity contribution in [1.29, 1.82) is 0 Å². The molecule has 0 saturated carbocycles. The van der Waals surface area contributed by atoms with Crippen molar-refractivity contribution in [2.45, 2.75) is 43.7 Å². The summed E-state index contributed by atoms with van der Waals surface area (Å²) in [5.41, 5.74) is 1.53. The first-order valence-electron chi connectivity index (χ1n) is 6.78. The summed E-state index contributed by atoms with van der Waals surface area (Å²) < 4.78 is 0. The fourth-order valence-corrected chi connectivity index (χ4v) is 6.58. The second-order valence-corrected chi connectivity index (χ2v) is 8.37. The maximum absolute atomic E-state index is 3.73. The Morgan fingerprint density at radius 1 is 1.33 bits per heavy atom. The molecular weight excluding hydrogens is 278 g/mol. The standard InChI is InChI=1S/C14H23NS3/c1-4-12-14(18-9-8-17-12)13(15-5-2)11-6-7-16-10(11)3/h6-7,12-15H,4-5,8-9H2,1-3H3. The van der Waals surface area contributed by atoms with Crippen LogP contribution < -0.4 is 5.32 Å². The van der Waals surface area contributed by atoms with E-state index in [0.717, 1.165) is 17.0 Å². The van der Waals surface area contributed by atoms with Crippen LogP contribution in [-0.4, -0.2) is 28.6 Å². The van der Waals surface area contributed by atoms with Crippen LogP contribution in [0.5, 0.6) is 0 Å². The van der Waals surface area contributed by atoms with Gasteiger partial charge in [-0.2, -0.15) is 23.5 Å². The lowest BCUT2D eigenvalue weighted by molar-refractivity contribution is 0.512. The molecule has 3 unspecified atom stereocenters. The third-order valence-electron chi connectivity index (χ3n) is 3.48. The number of thioether (sulfide) groups is 2. The molecule has 3 atom stereocenters. The Morgan fingerprint density at radius 3 is 2.72 bits per heavy atom. The maximum atomic E-state index is 3.73. The van der Waals surface area contributed by atoms with Gasteiger partial charge in [-0.15, -0.1) is 11.3 Å². The Labute approximate surface area is 124 Å². The quantitative estimate of drug-likeness (QED) is 0.869. The molecule has 1 nitrogen and oxygen atoms in total. The van der Waals surface area contributed by atoms with Gasteiger partial charge in [0, 0.05) is 32.9 Å². The molecule has 1 saturated heterocycles. The van der Waals surface area contributed by atoms with Gasteiger partial charge in [0.25, 0.3) is 0 Å². The van der Waals surface area contributed by atoms with E-state index in [1.807, 2.05) is 11.3 Å². The molecule has 18 heavy (non-hydrogen) atoms. The van der Waals surface area contributed by atoms with Crippen molar-refractivity contribution < 1.29 is 0 Å². The van der Waals surface area contributed by atoms with Gasteiger partial charge in [0.2, 0.25) is 0 Å². The summed E-state index contributed by atoms with van der Waals surface area (Å²) in [4.78, 5) is 1.48. The fourth-order valence-electron chi connectivity index (χ4n) is 2.59. The summed E-state index contributed by atoms with van der Waals surface area (Å²) in [6, 6.07) is 2.85. The van der Waals surface area contributed by atoms with E-state index >= 15 is 0 Å². The minimum Gasteiger partial charge on any atom is -0.309 e. The molecule has 0 radical (unpaired) electrons. The fraction of sp³-hybridized carbons (Fsp3) is 0.714. The average molecular weight is 302 g/mol. The predicted octanol–water partition coefficient (Wildman–Crippen LogP) is 4.33. The monoisotopic (exact) mass is 301 g/mol. The van der Waals surface area contributed by atoms with Crippen molar-refractivity contribution in [3.05, 3.63) is 21.9 Å². The second-order valence-electron chi connectivity index (χ2n) is 4.62. The molecule has 0 amide bonds. The minimum atomic E-state index is 0.531. The van der Waals surface area contributed by atoms with Gasteiger partial charge in [0.1, 0.15) is 0 Å². The molecule has 1 aliphatic heterocycles. The van der Waals surface area contributed by atoms with Crippen LogP contribution in [0, 0.1) is 6.92 Å². The molecular formula is C14H23NS3. The van der Waals surface area contributed by atoms with Crippen molar-refractivity contribution >= 4 is 34.9 Å². The third-order valence-corrected chi connectivity index (χ3v) is 7.69. The van der Waals surface area contributed by atoms with E-state index in [1.54, 1.807) is 0 Å². The lowest BCUT2D eigenvalue weighted by Crippen LogP contribution is -2.38. The number of aryl methyl sites for hydroxylation is 1. The first-order chi connectivity index (χ1) is 8.77. The molecule has 1 fully saturated rings. The van der Waals surface area contributed by atoms with Crippen LogP contribution in [0.15, 0.2) is 11.4 Å². The van der Waals surface area contributed by atoms with Gasteiger partial charge < -0.3 is 5.32 Å². The Balaban J connectivity index is 2.20. The summed E-state index contributed by atoms with van der Waals surface area (Å²) in [5, 5.41) is 7.49. The number of hydrogen-bond acceptors (Lipinski definition) is 4. The molecule has 1 aromatic rings. The maximum Gasteiger partial charge on any atom is 0.0462 e. The predicted molar refractivity (Wildman–Crippen MR) is 88.3 cm³/mol. The zero-order valence-corrected chi connectivity index (χ0v) is 13.9. The van der Waals surface area contributed by atoms with Crippen molar-refractivity contribution in [3.63, 3.8) is 0 Å². The van der Waals surface area contributed by atoms with E-state index in [2.05, 4.69) is 61.1 Å². The van der Waals surface area contributed by atoms with Gasteiger partial charge in [0.15, 0.2) is 0 Å².